The molecule has 36 heavy (non-hydrogen) atoms. The summed E-state index contributed by atoms with van der Waals surface area (Å²) in [5, 5.41) is 10.7. The first-order valence-electron chi connectivity index (χ1n) is 12.6. The van der Waals surface area contributed by atoms with Gasteiger partial charge in [0.2, 0.25) is 0 Å². The first kappa shape index (κ1) is 28.9. The number of hydrogen-bond donors (Lipinski definition) is 2. The summed E-state index contributed by atoms with van der Waals surface area (Å²) in [6, 6.07) is 25.8. The standard InChI is InChI=1S/C30H36N2O2.2BrH/c1-21-12-13-25-26(30(21)33)18-28(34-29(25)19-31)24-14-16-32(17-15-24)20-27(22-8-4-2-5-9-22)23-10-6-3-7-11-23;;/h2-13,24,27-29,33H,14-20,31H2,1H3;2*1H/t28-,29-;;/m0../s1. The van der Waals surface area contributed by atoms with Crippen molar-refractivity contribution in [1.29, 1.82) is 0 Å². The summed E-state index contributed by atoms with van der Waals surface area (Å²) in [6.07, 6.45) is 3.00. The van der Waals surface area contributed by atoms with Crippen molar-refractivity contribution in [3.05, 3.63) is 101 Å². The molecule has 0 aliphatic carbocycles. The van der Waals surface area contributed by atoms with E-state index in [0.29, 0.717) is 24.1 Å². The van der Waals surface area contributed by atoms with E-state index in [-0.39, 0.29) is 46.2 Å². The molecular weight excluding hydrogens is 580 g/mol. The average Bonchev–Trinajstić information content (AvgIpc) is 2.90. The van der Waals surface area contributed by atoms with Gasteiger partial charge >= 0.3 is 0 Å². The molecule has 0 aromatic heterocycles. The molecule has 3 N–H and O–H groups in total. The minimum absolute atomic E-state index is 0. The maximum Gasteiger partial charge on any atom is 0.122 e. The number of aryl methyl sites for hydroxylation is 1. The lowest BCUT2D eigenvalue weighted by atomic mass is 9.82. The highest BCUT2D eigenvalue weighted by Gasteiger charge is 2.35. The summed E-state index contributed by atoms with van der Waals surface area (Å²) in [5.41, 5.74) is 11.9. The van der Waals surface area contributed by atoms with Crippen molar-refractivity contribution in [3.8, 4) is 5.75 Å². The van der Waals surface area contributed by atoms with E-state index in [1.807, 2.05) is 13.0 Å². The van der Waals surface area contributed by atoms with Crippen LogP contribution in [0.1, 0.15) is 52.7 Å². The number of hydrogen-bond acceptors (Lipinski definition) is 4. The first-order valence-corrected chi connectivity index (χ1v) is 12.6. The largest absolute Gasteiger partial charge is 0.507 e. The van der Waals surface area contributed by atoms with E-state index in [4.69, 9.17) is 10.5 Å². The minimum atomic E-state index is -0.126. The number of likely N-dealkylation sites (tertiary alicyclic amines) is 1. The third-order valence-electron chi connectivity index (χ3n) is 7.83. The van der Waals surface area contributed by atoms with Gasteiger partial charge in [-0.15, -0.1) is 34.0 Å². The van der Waals surface area contributed by atoms with E-state index in [2.05, 4.69) is 71.6 Å². The van der Waals surface area contributed by atoms with Crippen LogP contribution >= 0.6 is 34.0 Å². The molecular formula is C30H38Br2N2O2. The summed E-state index contributed by atoms with van der Waals surface area (Å²) in [5.74, 6) is 1.29. The van der Waals surface area contributed by atoms with E-state index >= 15 is 0 Å². The van der Waals surface area contributed by atoms with Crippen LogP contribution in [0.25, 0.3) is 0 Å². The van der Waals surface area contributed by atoms with Crippen molar-refractivity contribution in [2.24, 2.45) is 11.7 Å². The van der Waals surface area contributed by atoms with Crippen molar-refractivity contribution in [3.63, 3.8) is 0 Å². The Bertz CT molecular complexity index is 1050. The number of ether oxygens (including phenoxy) is 1. The van der Waals surface area contributed by atoms with Gasteiger partial charge in [0.25, 0.3) is 0 Å². The molecule has 3 aromatic carbocycles. The molecule has 0 unspecified atom stereocenters. The summed E-state index contributed by atoms with van der Waals surface area (Å²) < 4.78 is 6.50. The molecule has 6 heteroatoms. The van der Waals surface area contributed by atoms with Crippen LogP contribution in [0.4, 0.5) is 0 Å². The quantitative estimate of drug-likeness (QED) is 0.339. The van der Waals surface area contributed by atoms with Crippen molar-refractivity contribution in [2.45, 2.75) is 44.3 Å². The third-order valence-corrected chi connectivity index (χ3v) is 7.83. The van der Waals surface area contributed by atoms with E-state index in [1.54, 1.807) is 0 Å². The zero-order chi connectivity index (χ0) is 23.5. The Morgan fingerprint density at radius 3 is 2.06 bits per heavy atom. The number of nitrogens with two attached hydrogens (primary N) is 1. The minimum Gasteiger partial charge on any atom is -0.507 e. The Hall–Kier alpha value is -1.70. The number of fused-ring (bicyclic) bond motifs is 1. The van der Waals surface area contributed by atoms with Gasteiger partial charge < -0.3 is 20.5 Å². The van der Waals surface area contributed by atoms with Crippen molar-refractivity contribution in [2.75, 3.05) is 26.2 Å². The number of aromatic hydroxyl groups is 1. The van der Waals surface area contributed by atoms with Crippen molar-refractivity contribution in [1.82, 2.24) is 4.90 Å². The van der Waals surface area contributed by atoms with Crippen LogP contribution in [-0.4, -0.2) is 42.3 Å². The van der Waals surface area contributed by atoms with Crippen molar-refractivity contribution < 1.29 is 9.84 Å². The summed E-state index contributed by atoms with van der Waals surface area (Å²) in [6.45, 7) is 5.58. The first-order chi connectivity index (χ1) is 16.6. The monoisotopic (exact) mass is 616 g/mol. The normalized spacial score (nSPS) is 20.3. The number of nitrogens with zero attached hydrogens (tertiary/aromatic N) is 1. The Labute approximate surface area is 236 Å². The zero-order valence-corrected chi connectivity index (χ0v) is 24.3. The molecule has 2 heterocycles. The lowest BCUT2D eigenvalue weighted by molar-refractivity contribution is -0.0648. The molecule has 0 spiro atoms. The van der Waals surface area contributed by atoms with Crippen LogP contribution in [-0.2, 0) is 11.2 Å². The highest BCUT2D eigenvalue weighted by molar-refractivity contribution is 8.93. The summed E-state index contributed by atoms with van der Waals surface area (Å²) >= 11 is 0. The second-order valence-electron chi connectivity index (χ2n) is 9.91. The predicted molar refractivity (Wildman–Crippen MR) is 158 cm³/mol. The molecule has 1 saturated heterocycles. The Morgan fingerprint density at radius 2 is 1.50 bits per heavy atom. The van der Waals surface area contributed by atoms with Gasteiger partial charge in [0.1, 0.15) is 5.75 Å². The number of rotatable bonds is 6. The van der Waals surface area contributed by atoms with Crippen LogP contribution in [0.15, 0.2) is 72.8 Å². The third kappa shape index (κ3) is 6.22. The zero-order valence-electron chi connectivity index (χ0n) is 20.9. The van der Waals surface area contributed by atoms with Gasteiger partial charge in [0.05, 0.1) is 12.2 Å². The molecule has 1 fully saturated rings. The van der Waals surface area contributed by atoms with Crippen LogP contribution < -0.4 is 5.73 Å². The summed E-state index contributed by atoms with van der Waals surface area (Å²) in [4.78, 5) is 2.61. The van der Waals surface area contributed by atoms with Gasteiger partial charge in [0, 0.05) is 31.0 Å². The van der Waals surface area contributed by atoms with Gasteiger partial charge in [-0.2, -0.15) is 0 Å². The fourth-order valence-corrected chi connectivity index (χ4v) is 5.82. The molecule has 4 nitrogen and oxygen atoms in total. The maximum atomic E-state index is 10.7. The molecule has 5 rings (SSSR count). The van der Waals surface area contributed by atoms with Crippen LogP contribution in [0, 0.1) is 12.8 Å². The Balaban J connectivity index is 0.00000180. The van der Waals surface area contributed by atoms with Gasteiger partial charge in [-0.1, -0.05) is 72.8 Å². The smallest absolute Gasteiger partial charge is 0.122 e. The molecule has 2 aliphatic rings. The Morgan fingerprint density at radius 1 is 0.917 bits per heavy atom. The lowest BCUT2D eigenvalue weighted by Crippen LogP contribution is -2.43. The molecule has 0 radical (unpaired) electrons. The van der Waals surface area contributed by atoms with Gasteiger partial charge in [-0.3, -0.25) is 0 Å². The van der Waals surface area contributed by atoms with E-state index < -0.39 is 0 Å². The molecule has 0 saturated carbocycles. The van der Waals surface area contributed by atoms with Gasteiger partial charge in [0.15, 0.2) is 0 Å². The molecule has 3 aromatic rings. The number of phenols is 1. The summed E-state index contributed by atoms with van der Waals surface area (Å²) in [7, 11) is 0. The molecule has 0 amide bonds. The Kier molecular flexibility index (Phi) is 10.6. The molecule has 194 valence electrons. The second kappa shape index (κ2) is 13.2. The SMILES string of the molecule is Br.Br.Cc1ccc2c(c1O)C[C@@H](C1CCN(CC(c3ccccc3)c3ccccc3)CC1)O[C@H]2CN. The topological polar surface area (TPSA) is 58.7 Å². The highest BCUT2D eigenvalue weighted by Crippen LogP contribution is 2.40. The molecule has 2 atom stereocenters. The number of halogens is 2. The van der Waals surface area contributed by atoms with Crippen molar-refractivity contribution >= 4 is 34.0 Å². The predicted octanol–water partition coefficient (Wildman–Crippen LogP) is 6.34. The number of benzene rings is 3. The fraction of sp³-hybridized carbons (Fsp3) is 0.400. The molecule has 2 aliphatic heterocycles. The van der Waals surface area contributed by atoms with Gasteiger partial charge in [-0.25, -0.2) is 0 Å². The highest BCUT2D eigenvalue weighted by atomic mass is 79.9. The number of piperidine rings is 1. The molecule has 0 bridgehead atoms. The van der Waals surface area contributed by atoms with Crippen LogP contribution in [0.5, 0.6) is 5.75 Å². The average molecular weight is 618 g/mol. The van der Waals surface area contributed by atoms with E-state index in [9.17, 15) is 5.11 Å². The fourth-order valence-electron chi connectivity index (χ4n) is 5.82. The maximum absolute atomic E-state index is 10.7. The number of phenolic OH excluding ortho intramolecular Hbond substituents is 1. The van der Waals surface area contributed by atoms with Crippen LogP contribution in [0.3, 0.4) is 0 Å². The second-order valence-corrected chi connectivity index (χ2v) is 9.91. The van der Waals surface area contributed by atoms with E-state index in [1.165, 1.54) is 11.1 Å². The lowest BCUT2D eigenvalue weighted by Gasteiger charge is -2.41. The van der Waals surface area contributed by atoms with Gasteiger partial charge in [-0.05, 0) is 61.0 Å². The van der Waals surface area contributed by atoms with E-state index in [0.717, 1.165) is 55.6 Å². The van der Waals surface area contributed by atoms with Crippen LogP contribution in [0.2, 0.25) is 0 Å².